The van der Waals surface area contributed by atoms with Gasteiger partial charge in [0.1, 0.15) is 0 Å². The van der Waals surface area contributed by atoms with E-state index in [0.717, 1.165) is 11.1 Å². The Balaban J connectivity index is 3.30. The number of rotatable bonds is 5. The van der Waals surface area contributed by atoms with Crippen LogP contribution in [0.5, 0.6) is 0 Å². The van der Waals surface area contributed by atoms with E-state index in [9.17, 15) is 0 Å². The lowest BCUT2D eigenvalue weighted by Gasteiger charge is -2.40. The molecule has 0 unspecified atom stereocenters. The number of hydrogen-bond acceptors (Lipinski definition) is 0. The first-order valence-electron chi connectivity index (χ1n) is 6.61. The van der Waals surface area contributed by atoms with E-state index in [2.05, 4.69) is 71.5 Å². The lowest BCUT2D eigenvalue weighted by atomic mass is 10.4. The third-order valence-electron chi connectivity index (χ3n) is 3.97. The molecule has 0 aromatic heterocycles. The minimum atomic E-state index is -1.49. The van der Waals surface area contributed by atoms with E-state index in [1.165, 1.54) is 11.6 Å². The van der Waals surface area contributed by atoms with Gasteiger partial charge in [-0.15, -0.1) is 6.58 Å². The summed E-state index contributed by atoms with van der Waals surface area (Å²) in [4.78, 5) is 0. The Morgan fingerprint density at radius 1 is 1.06 bits per heavy atom. The van der Waals surface area contributed by atoms with Crippen LogP contribution in [0.25, 0.3) is 0 Å². The van der Waals surface area contributed by atoms with Crippen molar-refractivity contribution >= 4 is 13.3 Å². The van der Waals surface area contributed by atoms with Crippen LogP contribution in [0.4, 0.5) is 0 Å². The molecule has 0 saturated heterocycles. The minimum absolute atomic E-state index is 0.751. The maximum absolute atomic E-state index is 4.16. The zero-order valence-electron chi connectivity index (χ0n) is 12.0. The molecule has 0 fully saturated rings. The van der Waals surface area contributed by atoms with Crippen LogP contribution in [0.15, 0.2) is 42.5 Å². The Kier molecular flexibility index (Phi) is 4.76. The SMILES string of the molecule is C=C(C)C[Si](c1ccccc1)(C(C)C)C(C)C. The number of benzene rings is 1. The van der Waals surface area contributed by atoms with Gasteiger partial charge in [0, 0.05) is 0 Å². The van der Waals surface area contributed by atoms with Crippen molar-refractivity contribution in [1.82, 2.24) is 0 Å². The fourth-order valence-corrected chi connectivity index (χ4v) is 8.59. The summed E-state index contributed by atoms with van der Waals surface area (Å²) in [5, 5.41) is 1.59. The van der Waals surface area contributed by atoms with E-state index in [1.54, 1.807) is 5.19 Å². The van der Waals surface area contributed by atoms with Crippen molar-refractivity contribution in [3.8, 4) is 0 Å². The maximum Gasteiger partial charge on any atom is 0.0956 e. The van der Waals surface area contributed by atoms with Crippen LogP contribution >= 0.6 is 0 Å². The molecule has 0 saturated carbocycles. The first-order chi connectivity index (χ1) is 7.91. The monoisotopic (exact) mass is 246 g/mol. The van der Waals surface area contributed by atoms with Crippen LogP contribution in [-0.4, -0.2) is 8.07 Å². The molecule has 0 N–H and O–H groups in total. The predicted octanol–water partition coefficient (Wildman–Crippen LogP) is 4.74. The highest BCUT2D eigenvalue weighted by molar-refractivity contribution is 6.94. The summed E-state index contributed by atoms with van der Waals surface area (Å²) in [6.07, 6.45) is 0. The largest absolute Gasteiger partial charge is 0.100 e. The predicted molar refractivity (Wildman–Crippen MR) is 81.6 cm³/mol. The van der Waals surface area contributed by atoms with Gasteiger partial charge in [0.25, 0.3) is 0 Å². The van der Waals surface area contributed by atoms with Crippen LogP contribution in [0.1, 0.15) is 34.6 Å². The molecule has 0 nitrogen and oxygen atoms in total. The molecule has 1 heteroatoms. The molecule has 0 aliphatic rings. The Morgan fingerprint density at radius 2 is 1.53 bits per heavy atom. The molecule has 0 radical (unpaired) electrons. The van der Waals surface area contributed by atoms with Gasteiger partial charge in [-0.25, -0.2) is 0 Å². The highest BCUT2D eigenvalue weighted by Crippen LogP contribution is 2.37. The topological polar surface area (TPSA) is 0 Å². The summed E-state index contributed by atoms with van der Waals surface area (Å²) >= 11 is 0. The Hall–Kier alpha value is -0.823. The van der Waals surface area contributed by atoms with E-state index in [4.69, 9.17) is 0 Å². The van der Waals surface area contributed by atoms with Gasteiger partial charge < -0.3 is 0 Å². The van der Waals surface area contributed by atoms with Crippen LogP contribution in [0.2, 0.25) is 17.1 Å². The highest BCUT2D eigenvalue weighted by atomic mass is 28.3. The highest BCUT2D eigenvalue weighted by Gasteiger charge is 2.40. The minimum Gasteiger partial charge on any atom is -0.100 e. The third kappa shape index (κ3) is 2.89. The molecule has 17 heavy (non-hydrogen) atoms. The first kappa shape index (κ1) is 14.2. The average Bonchev–Trinajstić information content (AvgIpc) is 2.25. The van der Waals surface area contributed by atoms with Crippen LogP contribution in [-0.2, 0) is 0 Å². The molecule has 1 rings (SSSR count). The summed E-state index contributed by atoms with van der Waals surface area (Å²) in [6.45, 7) is 15.9. The van der Waals surface area contributed by atoms with Crippen molar-refractivity contribution in [2.75, 3.05) is 0 Å². The number of allylic oxidation sites excluding steroid dienone is 1. The Morgan fingerprint density at radius 3 is 1.88 bits per heavy atom. The van der Waals surface area contributed by atoms with E-state index in [-0.39, 0.29) is 0 Å². The Bertz CT molecular complexity index is 354. The summed E-state index contributed by atoms with van der Waals surface area (Å²) < 4.78 is 0. The molecular formula is C16H26Si. The maximum atomic E-state index is 4.16. The second-order valence-electron chi connectivity index (χ2n) is 5.85. The van der Waals surface area contributed by atoms with Gasteiger partial charge in [-0.2, -0.15) is 0 Å². The van der Waals surface area contributed by atoms with Gasteiger partial charge in [-0.3, -0.25) is 0 Å². The number of hydrogen-bond donors (Lipinski definition) is 0. The van der Waals surface area contributed by atoms with Gasteiger partial charge in [-0.1, -0.05) is 68.8 Å². The molecule has 0 aliphatic heterocycles. The molecule has 1 aromatic carbocycles. The quantitative estimate of drug-likeness (QED) is 0.520. The van der Waals surface area contributed by atoms with Crippen molar-refractivity contribution in [2.45, 2.75) is 51.7 Å². The van der Waals surface area contributed by atoms with Gasteiger partial charge >= 0.3 is 0 Å². The fraction of sp³-hybridized carbons (Fsp3) is 0.500. The normalized spacial score (nSPS) is 12.2. The van der Waals surface area contributed by atoms with Crippen LogP contribution in [0, 0.1) is 0 Å². The van der Waals surface area contributed by atoms with Gasteiger partial charge in [0.05, 0.1) is 8.07 Å². The van der Waals surface area contributed by atoms with E-state index in [0.29, 0.717) is 0 Å². The molecule has 0 spiro atoms. The van der Waals surface area contributed by atoms with Crippen LogP contribution in [0.3, 0.4) is 0 Å². The molecule has 94 valence electrons. The summed E-state index contributed by atoms with van der Waals surface area (Å²) in [5.74, 6) is 0. The molecule has 0 aliphatic carbocycles. The second kappa shape index (κ2) is 5.68. The van der Waals surface area contributed by atoms with E-state index < -0.39 is 8.07 Å². The first-order valence-corrected chi connectivity index (χ1v) is 8.97. The molecule has 0 bridgehead atoms. The van der Waals surface area contributed by atoms with E-state index >= 15 is 0 Å². The zero-order chi connectivity index (χ0) is 13.1. The zero-order valence-corrected chi connectivity index (χ0v) is 13.0. The molecule has 0 amide bonds. The van der Waals surface area contributed by atoms with E-state index in [1.807, 2.05) is 0 Å². The third-order valence-corrected chi connectivity index (χ3v) is 10.7. The fourth-order valence-electron chi connectivity index (χ4n) is 3.09. The molecule has 1 aromatic rings. The lowest BCUT2D eigenvalue weighted by molar-refractivity contribution is 0.900. The smallest absolute Gasteiger partial charge is 0.0956 e. The summed E-state index contributed by atoms with van der Waals surface area (Å²) in [6, 6.07) is 12.3. The van der Waals surface area contributed by atoms with Crippen molar-refractivity contribution in [1.29, 1.82) is 0 Å². The summed E-state index contributed by atoms with van der Waals surface area (Å²) in [5.41, 5.74) is 2.84. The standard InChI is InChI=1S/C16H26Si/c1-13(2)12-17(14(3)4,15(5)6)16-10-8-7-9-11-16/h7-11,14-15H,1,12H2,2-6H3. The van der Waals surface area contributed by atoms with Crippen LogP contribution < -0.4 is 5.19 Å². The van der Waals surface area contributed by atoms with Crippen molar-refractivity contribution in [3.05, 3.63) is 42.5 Å². The Labute approximate surface area is 108 Å². The lowest BCUT2D eigenvalue weighted by Crippen LogP contribution is -2.53. The van der Waals surface area contributed by atoms with Gasteiger partial charge in [0.15, 0.2) is 0 Å². The molecule has 0 atom stereocenters. The molecule has 0 heterocycles. The van der Waals surface area contributed by atoms with Crippen molar-refractivity contribution in [2.24, 2.45) is 0 Å². The average molecular weight is 246 g/mol. The summed E-state index contributed by atoms with van der Waals surface area (Å²) in [7, 11) is -1.49. The molecular weight excluding hydrogens is 220 g/mol. The van der Waals surface area contributed by atoms with Gasteiger partial charge in [0.2, 0.25) is 0 Å². The van der Waals surface area contributed by atoms with Crippen molar-refractivity contribution in [3.63, 3.8) is 0 Å². The second-order valence-corrected chi connectivity index (χ2v) is 11.2. The van der Waals surface area contributed by atoms with Gasteiger partial charge in [-0.05, 0) is 24.1 Å². The van der Waals surface area contributed by atoms with Crippen molar-refractivity contribution < 1.29 is 0 Å².